The first kappa shape index (κ1) is 15.4. The van der Waals surface area contributed by atoms with Crippen LogP contribution in [0, 0.1) is 0 Å². The van der Waals surface area contributed by atoms with E-state index in [0.29, 0.717) is 16.6 Å². The highest BCUT2D eigenvalue weighted by molar-refractivity contribution is 7.80. The van der Waals surface area contributed by atoms with Crippen LogP contribution in [0.5, 0.6) is 0 Å². The summed E-state index contributed by atoms with van der Waals surface area (Å²) in [6.07, 6.45) is 0.557. The zero-order valence-electron chi connectivity index (χ0n) is 11.1. The number of ether oxygens (including phenoxy) is 1. The number of thiocarbonyl (C=S) groups is 1. The zero-order chi connectivity index (χ0) is 15.6. The average Bonchev–Trinajstić information content (AvgIpc) is 2.74. The number of nitrogen functional groups attached to an aromatic ring is 2. The van der Waals surface area contributed by atoms with Gasteiger partial charge >= 0.3 is 0 Å². The second-order valence-corrected chi connectivity index (χ2v) is 4.73. The van der Waals surface area contributed by atoms with E-state index in [9.17, 15) is 0 Å². The van der Waals surface area contributed by atoms with Crippen LogP contribution < -0.4 is 17.2 Å². The molecule has 0 spiro atoms. The molecule has 0 aliphatic carbocycles. The molecule has 2 rings (SSSR count). The van der Waals surface area contributed by atoms with Gasteiger partial charge < -0.3 is 32.2 Å². The van der Waals surface area contributed by atoms with Crippen molar-refractivity contribution in [2.45, 2.75) is 12.8 Å². The second kappa shape index (κ2) is 6.18. The van der Waals surface area contributed by atoms with Crippen LogP contribution in [0.25, 0.3) is 11.0 Å². The van der Waals surface area contributed by atoms with Crippen molar-refractivity contribution in [2.24, 2.45) is 5.73 Å². The number of anilines is 2. The Balaban J connectivity index is 2.51. The normalized spacial score (nSPS) is 11.4. The van der Waals surface area contributed by atoms with Crippen molar-refractivity contribution in [3.8, 4) is 0 Å². The molecule has 21 heavy (non-hydrogen) atoms. The predicted octanol–water partition coefficient (Wildman–Crippen LogP) is -1.44. The van der Waals surface area contributed by atoms with Crippen LogP contribution in [0.15, 0.2) is 6.33 Å². The van der Waals surface area contributed by atoms with E-state index >= 15 is 0 Å². The lowest BCUT2D eigenvalue weighted by molar-refractivity contribution is -0.0480. The Morgan fingerprint density at radius 1 is 1.33 bits per heavy atom. The number of aliphatic hydroxyl groups excluding tert-OH is 2. The Bertz CT molecular complexity index is 670. The van der Waals surface area contributed by atoms with Crippen LogP contribution >= 0.6 is 12.2 Å². The first-order chi connectivity index (χ1) is 10.0. The highest BCUT2D eigenvalue weighted by atomic mass is 32.1. The fourth-order valence-electron chi connectivity index (χ4n) is 1.93. The molecule has 0 unspecified atom stereocenters. The third-order valence-corrected chi connectivity index (χ3v) is 3.21. The van der Waals surface area contributed by atoms with E-state index < -0.39 is 6.10 Å². The van der Waals surface area contributed by atoms with Gasteiger partial charge in [-0.15, -0.1) is 0 Å². The lowest BCUT2D eigenvalue weighted by Crippen LogP contribution is -2.24. The van der Waals surface area contributed by atoms with Gasteiger partial charge in [0.05, 0.1) is 24.2 Å². The van der Waals surface area contributed by atoms with Gasteiger partial charge in [0.2, 0.25) is 0 Å². The fourth-order valence-corrected chi connectivity index (χ4v) is 2.14. The molecule has 0 atom stereocenters. The van der Waals surface area contributed by atoms with Gasteiger partial charge in [0.1, 0.15) is 41.4 Å². The van der Waals surface area contributed by atoms with Crippen LogP contribution in [0.2, 0.25) is 0 Å². The van der Waals surface area contributed by atoms with Gasteiger partial charge in [0, 0.05) is 0 Å². The molecule has 0 aliphatic heterocycles. The largest absolute Gasteiger partial charge is 0.394 e. The number of fused-ring (bicyclic) bond motifs is 1. The Morgan fingerprint density at radius 2 is 2.00 bits per heavy atom. The van der Waals surface area contributed by atoms with Crippen LogP contribution in [-0.4, -0.2) is 49.1 Å². The Hall–Kier alpha value is -2.01. The van der Waals surface area contributed by atoms with Crippen molar-refractivity contribution in [2.75, 3.05) is 24.7 Å². The third kappa shape index (κ3) is 2.74. The maximum Gasteiger partial charge on any atom is 0.149 e. The van der Waals surface area contributed by atoms with Crippen LogP contribution in [0.3, 0.4) is 0 Å². The number of nitrogens with two attached hydrogens (primary N) is 3. The molecule has 0 aromatic carbocycles. The molecule has 0 amide bonds. The molecular weight excluding hydrogens is 296 g/mol. The molecule has 0 aliphatic rings. The summed E-state index contributed by atoms with van der Waals surface area (Å²) < 4.78 is 6.85. The third-order valence-electron chi connectivity index (χ3n) is 3.00. The number of rotatable bonds is 6. The molecule has 0 radical (unpaired) electrons. The molecular formula is C11H16N6O3S. The predicted molar refractivity (Wildman–Crippen MR) is 81.3 cm³/mol. The van der Waals surface area contributed by atoms with Crippen molar-refractivity contribution in [3.63, 3.8) is 0 Å². The first-order valence-electron chi connectivity index (χ1n) is 6.02. The summed E-state index contributed by atoms with van der Waals surface area (Å²) in [6.45, 7) is -0.697. The molecule has 0 saturated carbocycles. The fraction of sp³-hybridized carbons (Fsp3) is 0.364. The summed E-state index contributed by atoms with van der Waals surface area (Å²) in [4.78, 5) is 8.07. The maximum atomic E-state index is 9.01. The monoisotopic (exact) mass is 312 g/mol. The van der Waals surface area contributed by atoms with E-state index in [1.807, 2.05) is 0 Å². The zero-order valence-corrected chi connectivity index (χ0v) is 11.9. The topological polar surface area (TPSA) is 158 Å². The molecule has 0 saturated heterocycles. The Kier molecular flexibility index (Phi) is 4.53. The molecule has 0 bridgehead atoms. The van der Waals surface area contributed by atoms with Crippen molar-refractivity contribution in [1.29, 1.82) is 0 Å². The standard InChI is InChI=1S/C11H16N6O3S/c12-8-6-7(10(14)21)9(13)17(11(6)16-3-15-8)4-20-5(1-18)2-19/h3,5,18-19H,1-2,4,13H2,(H2,14,21)(H2,12,15,16). The lowest BCUT2D eigenvalue weighted by atomic mass is 10.2. The molecule has 10 heteroatoms. The molecule has 2 aromatic heterocycles. The number of nitrogens with zero attached hydrogens (tertiary/aromatic N) is 3. The van der Waals surface area contributed by atoms with Gasteiger partial charge in [-0.3, -0.25) is 4.57 Å². The molecule has 2 heterocycles. The first-order valence-corrected chi connectivity index (χ1v) is 6.43. The number of hydrogen-bond donors (Lipinski definition) is 5. The van der Waals surface area contributed by atoms with Crippen molar-refractivity contribution < 1.29 is 14.9 Å². The van der Waals surface area contributed by atoms with Gasteiger partial charge in [0.15, 0.2) is 0 Å². The Morgan fingerprint density at radius 3 is 2.57 bits per heavy atom. The van der Waals surface area contributed by atoms with Crippen LogP contribution in [-0.2, 0) is 11.5 Å². The summed E-state index contributed by atoms with van der Waals surface area (Å²) in [7, 11) is 0. The van der Waals surface area contributed by atoms with Crippen molar-refractivity contribution in [1.82, 2.24) is 14.5 Å². The highest BCUT2D eigenvalue weighted by Crippen LogP contribution is 2.30. The Labute approximate surface area is 125 Å². The minimum Gasteiger partial charge on any atom is -0.394 e. The van der Waals surface area contributed by atoms with E-state index in [0.717, 1.165) is 0 Å². The number of aliphatic hydroxyl groups is 2. The molecule has 8 N–H and O–H groups in total. The molecule has 0 fully saturated rings. The molecule has 9 nitrogen and oxygen atoms in total. The minimum atomic E-state index is -0.727. The smallest absolute Gasteiger partial charge is 0.149 e. The lowest BCUT2D eigenvalue weighted by Gasteiger charge is -2.14. The second-order valence-electron chi connectivity index (χ2n) is 4.29. The summed E-state index contributed by atoms with van der Waals surface area (Å²) >= 11 is 4.98. The van der Waals surface area contributed by atoms with Crippen molar-refractivity contribution in [3.05, 3.63) is 11.9 Å². The van der Waals surface area contributed by atoms with Crippen LogP contribution in [0.4, 0.5) is 11.6 Å². The minimum absolute atomic E-state index is 0.0484. The van der Waals surface area contributed by atoms with Gasteiger partial charge in [0.25, 0.3) is 0 Å². The van der Waals surface area contributed by atoms with E-state index in [-0.39, 0.29) is 36.6 Å². The summed E-state index contributed by atoms with van der Waals surface area (Å²) in [5, 5.41) is 18.5. The van der Waals surface area contributed by atoms with Crippen LogP contribution in [0.1, 0.15) is 5.56 Å². The maximum absolute atomic E-state index is 9.01. The van der Waals surface area contributed by atoms with Gasteiger partial charge in [-0.2, -0.15) is 0 Å². The van der Waals surface area contributed by atoms with Gasteiger partial charge in [-0.25, -0.2) is 9.97 Å². The quantitative estimate of drug-likeness (QED) is 0.402. The molecule has 2 aromatic rings. The molecule has 114 valence electrons. The summed E-state index contributed by atoms with van der Waals surface area (Å²) in [5.41, 5.74) is 18.3. The van der Waals surface area contributed by atoms with E-state index in [2.05, 4.69) is 9.97 Å². The van der Waals surface area contributed by atoms with Gasteiger partial charge in [-0.1, -0.05) is 12.2 Å². The number of hydrogen-bond acceptors (Lipinski definition) is 8. The van der Waals surface area contributed by atoms with Crippen molar-refractivity contribution >= 4 is 39.9 Å². The van der Waals surface area contributed by atoms with E-state index in [4.69, 9.17) is 44.4 Å². The average molecular weight is 312 g/mol. The van der Waals surface area contributed by atoms with E-state index in [1.54, 1.807) is 0 Å². The summed E-state index contributed by atoms with van der Waals surface area (Å²) in [5.74, 6) is 0.438. The number of aromatic nitrogens is 3. The highest BCUT2D eigenvalue weighted by Gasteiger charge is 2.21. The van der Waals surface area contributed by atoms with Gasteiger partial charge in [-0.05, 0) is 0 Å². The SMILES string of the molecule is NC(=S)c1c(N)n(COC(CO)CO)c2ncnc(N)c12. The summed E-state index contributed by atoms with van der Waals surface area (Å²) in [6, 6.07) is 0. The van der Waals surface area contributed by atoms with E-state index in [1.165, 1.54) is 10.9 Å².